The largest absolute Gasteiger partial charge is 0.493 e. The van der Waals surface area contributed by atoms with Gasteiger partial charge < -0.3 is 15.0 Å². The fourth-order valence-electron chi connectivity index (χ4n) is 2.52. The number of rotatable bonds is 6. The summed E-state index contributed by atoms with van der Waals surface area (Å²) in [7, 11) is 0. The van der Waals surface area contributed by atoms with Gasteiger partial charge >= 0.3 is 0 Å². The van der Waals surface area contributed by atoms with Crippen LogP contribution in [0.3, 0.4) is 0 Å². The van der Waals surface area contributed by atoms with E-state index in [2.05, 4.69) is 43.1 Å². The highest BCUT2D eigenvalue weighted by Crippen LogP contribution is 2.26. The second kappa shape index (κ2) is 7.45. The third-order valence-electron chi connectivity index (χ3n) is 4.07. The number of ether oxygens (including phenoxy) is 1. The second-order valence-electron chi connectivity index (χ2n) is 7.04. The number of benzene rings is 1. The van der Waals surface area contributed by atoms with Crippen molar-refractivity contribution in [3.8, 4) is 17.1 Å². The molecule has 0 saturated heterocycles. The Bertz CT molecular complexity index is 863. The van der Waals surface area contributed by atoms with E-state index in [1.165, 1.54) is 22.0 Å². The molecule has 6 nitrogen and oxygen atoms in total. The van der Waals surface area contributed by atoms with E-state index >= 15 is 0 Å². The number of aryl methyl sites for hydroxylation is 1. The zero-order valence-corrected chi connectivity index (χ0v) is 16.3. The van der Waals surface area contributed by atoms with Crippen LogP contribution in [0, 0.1) is 6.92 Å². The van der Waals surface area contributed by atoms with Crippen molar-refractivity contribution in [2.75, 3.05) is 18.2 Å². The fraction of sp³-hybridized carbons (Fsp3) is 0.368. The van der Waals surface area contributed by atoms with E-state index in [1.807, 2.05) is 25.1 Å². The van der Waals surface area contributed by atoms with Crippen molar-refractivity contribution < 1.29 is 9.15 Å². The van der Waals surface area contributed by atoms with Crippen LogP contribution in [0.2, 0.25) is 0 Å². The van der Waals surface area contributed by atoms with Gasteiger partial charge in [0.2, 0.25) is 5.16 Å². The van der Waals surface area contributed by atoms with Crippen LogP contribution in [0.1, 0.15) is 32.1 Å². The van der Waals surface area contributed by atoms with Crippen molar-refractivity contribution >= 4 is 11.8 Å². The van der Waals surface area contributed by atoms with Crippen LogP contribution in [0.4, 0.5) is 0 Å². The maximum atomic E-state index is 6.10. The van der Waals surface area contributed by atoms with Crippen molar-refractivity contribution in [3.05, 3.63) is 47.9 Å². The average Bonchev–Trinajstić information content (AvgIpc) is 3.17. The molecule has 0 amide bonds. The molecule has 138 valence electrons. The lowest BCUT2D eigenvalue weighted by molar-refractivity contribution is 0.343. The molecule has 0 unspecified atom stereocenters. The van der Waals surface area contributed by atoms with Gasteiger partial charge in [-0.25, -0.2) is 4.68 Å². The maximum absolute atomic E-state index is 6.10. The highest BCUT2D eigenvalue weighted by Gasteiger charge is 2.16. The topological polar surface area (TPSA) is 79.1 Å². The number of nitrogens with zero attached hydrogens (tertiary/aromatic N) is 3. The molecule has 3 rings (SSSR count). The Balaban J connectivity index is 1.53. The Hall–Kier alpha value is -2.41. The molecule has 1 aromatic carbocycles. The summed E-state index contributed by atoms with van der Waals surface area (Å²) in [5.74, 6) is 9.05. The summed E-state index contributed by atoms with van der Waals surface area (Å²) < 4.78 is 12.6. The molecular weight excluding hydrogens is 348 g/mol. The molecule has 26 heavy (non-hydrogen) atoms. The number of hydrogen-bond donors (Lipinski definition) is 1. The SMILES string of the molecule is Cc1occc1-c1nnc(SCCOc2ccc(C(C)(C)C)cc2)n1N. The van der Waals surface area contributed by atoms with Gasteiger partial charge in [0.05, 0.1) is 18.4 Å². The Morgan fingerprint density at radius 2 is 1.88 bits per heavy atom. The van der Waals surface area contributed by atoms with Gasteiger partial charge in [-0.15, -0.1) is 10.2 Å². The van der Waals surface area contributed by atoms with Crippen LogP contribution in [-0.2, 0) is 5.41 Å². The molecule has 2 N–H and O–H groups in total. The van der Waals surface area contributed by atoms with Crippen LogP contribution >= 0.6 is 11.8 Å². The van der Waals surface area contributed by atoms with Crippen molar-refractivity contribution in [1.29, 1.82) is 0 Å². The van der Waals surface area contributed by atoms with Gasteiger partial charge in [0, 0.05) is 5.75 Å². The first-order valence-corrected chi connectivity index (χ1v) is 9.46. The number of furan rings is 1. The zero-order chi connectivity index (χ0) is 18.7. The molecule has 0 spiro atoms. The summed E-state index contributed by atoms with van der Waals surface area (Å²) in [6.45, 7) is 9.02. The summed E-state index contributed by atoms with van der Waals surface area (Å²) in [6.07, 6.45) is 1.62. The first-order chi connectivity index (χ1) is 12.4. The Morgan fingerprint density at radius 3 is 2.50 bits per heavy atom. The van der Waals surface area contributed by atoms with E-state index in [4.69, 9.17) is 15.0 Å². The molecule has 3 aromatic rings. The van der Waals surface area contributed by atoms with Gasteiger partial charge in [-0.05, 0) is 36.1 Å². The number of nitrogen functional groups attached to an aromatic ring is 1. The third-order valence-corrected chi connectivity index (χ3v) is 4.98. The van der Waals surface area contributed by atoms with Gasteiger partial charge in [0.15, 0.2) is 5.82 Å². The lowest BCUT2D eigenvalue weighted by Crippen LogP contribution is -2.12. The summed E-state index contributed by atoms with van der Waals surface area (Å²) in [4.78, 5) is 0. The lowest BCUT2D eigenvalue weighted by Gasteiger charge is -2.19. The normalized spacial score (nSPS) is 11.7. The molecule has 0 saturated carbocycles. The van der Waals surface area contributed by atoms with E-state index in [9.17, 15) is 0 Å². The van der Waals surface area contributed by atoms with Gasteiger partial charge in [0.1, 0.15) is 11.5 Å². The minimum absolute atomic E-state index is 0.143. The van der Waals surface area contributed by atoms with Crippen LogP contribution in [0.25, 0.3) is 11.4 Å². The molecule has 0 fully saturated rings. The average molecular weight is 372 g/mol. The molecule has 0 radical (unpaired) electrons. The third kappa shape index (κ3) is 4.04. The number of aromatic nitrogens is 3. The van der Waals surface area contributed by atoms with E-state index in [1.54, 1.807) is 6.26 Å². The monoisotopic (exact) mass is 372 g/mol. The molecule has 0 aliphatic carbocycles. The predicted octanol–water partition coefficient (Wildman–Crippen LogP) is 4.03. The maximum Gasteiger partial charge on any atom is 0.210 e. The fourth-order valence-corrected chi connectivity index (χ4v) is 3.19. The molecule has 2 aromatic heterocycles. The first kappa shape index (κ1) is 18.4. The summed E-state index contributed by atoms with van der Waals surface area (Å²) in [6, 6.07) is 10.1. The van der Waals surface area contributed by atoms with Crippen molar-refractivity contribution in [2.24, 2.45) is 0 Å². The van der Waals surface area contributed by atoms with E-state index in [0.717, 1.165) is 22.8 Å². The second-order valence-corrected chi connectivity index (χ2v) is 8.10. The smallest absolute Gasteiger partial charge is 0.210 e. The lowest BCUT2D eigenvalue weighted by atomic mass is 9.87. The van der Waals surface area contributed by atoms with Crippen LogP contribution < -0.4 is 10.6 Å². The van der Waals surface area contributed by atoms with Crippen LogP contribution in [0.15, 0.2) is 46.2 Å². The number of thioether (sulfide) groups is 1. The van der Waals surface area contributed by atoms with Crippen molar-refractivity contribution in [1.82, 2.24) is 14.9 Å². The van der Waals surface area contributed by atoms with Crippen molar-refractivity contribution in [3.63, 3.8) is 0 Å². The molecule has 2 heterocycles. The highest BCUT2D eigenvalue weighted by atomic mass is 32.2. The Morgan fingerprint density at radius 1 is 1.15 bits per heavy atom. The van der Waals surface area contributed by atoms with Gasteiger partial charge in [0.25, 0.3) is 0 Å². The predicted molar refractivity (Wildman–Crippen MR) is 104 cm³/mol. The van der Waals surface area contributed by atoms with Crippen LogP contribution in [-0.4, -0.2) is 27.2 Å². The van der Waals surface area contributed by atoms with E-state index in [0.29, 0.717) is 17.6 Å². The molecule has 0 bridgehead atoms. The van der Waals surface area contributed by atoms with Crippen molar-refractivity contribution in [2.45, 2.75) is 38.3 Å². The quantitative estimate of drug-likeness (QED) is 0.400. The Labute approximate surface area is 157 Å². The summed E-state index contributed by atoms with van der Waals surface area (Å²) in [5, 5.41) is 8.95. The van der Waals surface area contributed by atoms with E-state index in [-0.39, 0.29) is 5.41 Å². The van der Waals surface area contributed by atoms with Gasteiger partial charge in [-0.1, -0.05) is 44.7 Å². The minimum Gasteiger partial charge on any atom is -0.493 e. The molecular formula is C19H24N4O2S. The Kier molecular flexibility index (Phi) is 5.27. The molecule has 7 heteroatoms. The molecule has 0 aliphatic rings. The molecule has 0 atom stereocenters. The number of hydrogen-bond acceptors (Lipinski definition) is 6. The minimum atomic E-state index is 0.143. The number of nitrogens with two attached hydrogens (primary N) is 1. The first-order valence-electron chi connectivity index (χ1n) is 8.47. The van der Waals surface area contributed by atoms with Gasteiger partial charge in [-0.2, -0.15) is 0 Å². The van der Waals surface area contributed by atoms with Crippen LogP contribution in [0.5, 0.6) is 5.75 Å². The summed E-state index contributed by atoms with van der Waals surface area (Å²) >= 11 is 1.51. The standard InChI is InChI=1S/C19H24N4O2S/c1-13-16(9-10-24-13)17-21-22-18(23(17)20)26-12-11-25-15-7-5-14(6-8-15)19(2,3)4/h5-10H,11-12,20H2,1-4H3. The summed E-state index contributed by atoms with van der Waals surface area (Å²) in [5.41, 5.74) is 2.28. The molecule has 0 aliphatic heterocycles. The van der Waals surface area contributed by atoms with Gasteiger partial charge in [-0.3, -0.25) is 0 Å². The zero-order valence-electron chi connectivity index (χ0n) is 15.5. The van der Waals surface area contributed by atoms with E-state index < -0.39 is 0 Å². The highest BCUT2D eigenvalue weighted by molar-refractivity contribution is 7.99.